The Morgan fingerprint density at radius 2 is 0.734 bits per heavy atom. The summed E-state index contributed by atoms with van der Waals surface area (Å²) in [7, 11) is 0. The number of aromatic nitrogens is 4. The summed E-state index contributed by atoms with van der Waals surface area (Å²) in [5.41, 5.74) is 25.2. The van der Waals surface area contributed by atoms with E-state index in [1.54, 1.807) is 0 Å². The fourth-order valence-electron chi connectivity index (χ4n) is 12.2. The lowest BCUT2D eigenvalue weighted by atomic mass is 10.0. The average Bonchev–Trinajstić information content (AvgIpc) is 4.39. The van der Waals surface area contributed by atoms with Crippen LogP contribution in [0.2, 0.25) is 0 Å². The zero-order valence-corrected chi connectivity index (χ0v) is 50.4. The maximum atomic E-state index is 12.5. The van der Waals surface area contributed by atoms with Gasteiger partial charge in [0, 0.05) is 72.9 Å². The van der Waals surface area contributed by atoms with Crippen molar-refractivity contribution in [2.45, 2.75) is 195 Å². The first-order chi connectivity index (χ1) is 37.7. The lowest BCUT2D eigenvalue weighted by Gasteiger charge is -2.20. The molecule has 0 unspecified atom stereocenters. The second kappa shape index (κ2) is 23.9. The molecule has 416 valence electrons. The highest BCUT2D eigenvalue weighted by Crippen LogP contribution is 2.35. The third-order valence-corrected chi connectivity index (χ3v) is 16.8. The number of H-pyrrole nitrogens is 4. The van der Waals surface area contributed by atoms with Gasteiger partial charge in [-0.15, -0.1) is 0 Å². The molecule has 8 rings (SSSR count). The molecule has 0 fully saturated rings. The van der Waals surface area contributed by atoms with Crippen LogP contribution in [0, 0.1) is 27.7 Å². The van der Waals surface area contributed by atoms with E-state index in [0.29, 0.717) is 18.2 Å². The van der Waals surface area contributed by atoms with E-state index in [0.717, 1.165) is 152 Å². The van der Waals surface area contributed by atoms with E-state index in [9.17, 15) is 9.59 Å². The van der Waals surface area contributed by atoms with Crippen LogP contribution in [0.3, 0.4) is 0 Å². The maximum absolute atomic E-state index is 12.5. The molecule has 4 N–H and O–H groups in total. The number of hydrogen-bond acceptors (Lipinski definition) is 6. The number of nitrogens with zero attached hydrogens (tertiary/aromatic N) is 4. The van der Waals surface area contributed by atoms with E-state index in [1.165, 1.54) is 55.7 Å². The van der Waals surface area contributed by atoms with E-state index < -0.39 is 0 Å². The number of amides is 2. The molecule has 8 heterocycles. The van der Waals surface area contributed by atoms with E-state index >= 15 is 0 Å². The minimum atomic E-state index is -0.174. The predicted octanol–water partition coefficient (Wildman–Crippen LogP) is 12.0. The van der Waals surface area contributed by atoms with Crippen LogP contribution in [0.15, 0.2) is 75.9 Å². The SMILES string of the molecule is CCC1=C(C)C(=O)N=C1/C=c1/[nH]/c(=C\c2[nH]c(/C=C3\N=C(O[C@@H](C)C[C@H](C)OC4=N/C(=C\c5[nH]c(/C=c6/[nH]/c(=C/C7=NC(=O)C(C)=C7CC)c(C)c6CC)c(CC)c5C)C(CC)=C4C)C(C)=C3CC)c(C)c2CC)c(CC)c1C. The summed E-state index contributed by atoms with van der Waals surface area (Å²) in [5.74, 6) is 1.02. The molecule has 4 aromatic heterocycles. The lowest BCUT2D eigenvalue weighted by molar-refractivity contribution is -0.114. The number of allylic oxidation sites excluding steroid dienone is 4. The van der Waals surface area contributed by atoms with Crippen LogP contribution < -0.4 is 21.4 Å². The Balaban J connectivity index is 0.998. The van der Waals surface area contributed by atoms with Crippen molar-refractivity contribution >= 4 is 71.5 Å². The van der Waals surface area contributed by atoms with Gasteiger partial charge in [-0.25, -0.2) is 20.0 Å². The van der Waals surface area contributed by atoms with E-state index in [2.05, 4.69) is 165 Å². The first-order valence-electron chi connectivity index (χ1n) is 29.0. The molecule has 0 bridgehead atoms. The standard InChI is InChI=1S/C67H84N8O4/c1-19-44-36(11)52(28-60-48(23-5)40(15)64(76)72-60)68-56(44)32-58-46(21-3)38(13)54(70-58)30-62-50(25-7)42(17)66(74-62)78-34(9)27-35(10)79-67-43(18)51(26-8)63(75-67)31-55-39(14)47(22-4)59(71-55)33-57-45(20-2)37(12)53(69-57)29-61-49(24-6)41(16)65(77)73-61/h28-35,68-71H,19-27H2,1-18H3/b52-28+,53-29+,56-32-,57-33+,62-30-,63-31-/t34-,35-/m0/s1. The molecule has 2 amide bonds. The van der Waals surface area contributed by atoms with Crippen LogP contribution in [0.4, 0.5) is 0 Å². The molecule has 0 radical (unpaired) electrons. The van der Waals surface area contributed by atoms with Gasteiger partial charge in [0.2, 0.25) is 11.8 Å². The van der Waals surface area contributed by atoms with Gasteiger partial charge >= 0.3 is 0 Å². The van der Waals surface area contributed by atoms with Crippen LogP contribution in [0.25, 0.3) is 36.5 Å². The van der Waals surface area contributed by atoms with Gasteiger partial charge in [0.1, 0.15) is 12.2 Å². The highest BCUT2D eigenvalue weighted by Gasteiger charge is 2.28. The summed E-state index contributed by atoms with van der Waals surface area (Å²) < 4.78 is 13.3. The van der Waals surface area contributed by atoms with Gasteiger partial charge in [-0.3, -0.25) is 9.59 Å². The van der Waals surface area contributed by atoms with Crippen molar-refractivity contribution in [2.24, 2.45) is 20.0 Å². The smallest absolute Gasteiger partial charge is 0.273 e. The normalized spacial score (nSPS) is 18.9. The Morgan fingerprint density at radius 3 is 1.06 bits per heavy atom. The van der Waals surface area contributed by atoms with Crippen LogP contribution in [0.1, 0.15) is 196 Å². The van der Waals surface area contributed by atoms with Crippen LogP contribution in [-0.4, -0.2) is 67.2 Å². The molecule has 0 saturated carbocycles. The van der Waals surface area contributed by atoms with Crippen LogP contribution in [-0.2, 0) is 44.7 Å². The van der Waals surface area contributed by atoms with Crippen molar-refractivity contribution in [2.75, 3.05) is 0 Å². The topological polar surface area (TPSA) is 165 Å². The largest absolute Gasteiger partial charge is 0.474 e. The van der Waals surface area contributed by atoms with Crippen molar-refractivity contribution in [1.82, 2.24) is 19.9 Å². The van der Waals surface area contributed by atoms with Crippen molar-refractivity contribution < 1.29 is 19.1 Å². The number of aromatic amines is 4. The summed E-state index contributed by atoms with van der Waals surface area (Å²) in [6, 6.07) is 0. The molecule has 4 aromatic rings. The first-order valence-corrected chi connectivity index (χ1v) is 29.0. The monoisotopic (exact) mass is 1060 g/mol. The van der Waals surface area contributed by atoms with E-state index in [1.807, 2.05) is 26.0 Å². The Kier molecular flexibility index (Phi) is 17.5. The number of rotatable bonds is 18. The quantitative estimate of drug-likeness (QED) is 0.0780. The number of carbonyl (C=O) groups is 2. The number of hydrogen-bond donors (Lipinski definition) is 4. The molecule has 0 saturated heterocycles. The predicted molar refractivity (Wildman–Crippen MR) is 328 cm³/mol. The molecule has 0 spiro atoms. The van der Waals surface area contributed by atoms with E-state index in [-0.39, 0.29) is 24.0 Å². The summed E-state index contributed by atoms with van der Waals surface area (Å²) in [4.78, 5) is 58.9. The number of carbonyl (C=O) groups excluding carboxylic acids is 2. The number of aliphatic imine (C=N–C) groups is 4. The fourth-order valence-corrected chi connectivity index (χ4v) is 12.2. The second-order valence-electron chi connectivity index (χ2n) is 21.6. The van der Waals surface area contributed by atoms with Crippen molar-refractivity contribution in [3.05, 3.63) is 145 Å². The van der Waals surface area contributed by atoms with Crippen molar-refractivity contribution in [3.8, 4) is 0 Å². The Bertz CT molecular complexity index is 3530. The van der Waals surface area contributed by atoms with Crippen LogP contribution in [0.5, 0.6) is 0 Å². The van der Waals surface area contributed by atoms with Gasteiger partial charge < -0.3 is 29.4 Å². The third kappa shape index (κ3) is 11.2. The molecule has 0 aliphatic carbocycles. The third-order valence-electron chi connectivity index (χ3n) is 16.8. The minimum absolute atomic E-state index is 0.145. The summed E-state index contributed by atoms with van der Waals surface area (Å²) >= 11 is 0. The Hall–Kier alpha value is -7.34. The highest BCUT2D eigenvalue weighted by atomic mass is 16.5. The van der Waals surface area contributed by atoms with Gasteiger partial charge in [-0.05, 0) is 224 Å². The highest BCUT2D eigenvalue weighted by molar-refractivity contribution is 6.31. The zero-order valence-electron chi connectivity index (χ0n) is 50.4. The molecule has 2 atom stereocenters. The van der Waals surface area contributed by atoms with Crippen LogP contribution >= 0.6 is 0 Å². The molecule has 4 aliphatic rings. The number of ether oxygens (including phenoxy) is 2. The van der Waals surface area contributed by atoms with Gasteiger partial charge in [0.25, 0.3) is 11.8 Å². The molecule has 0 aromatic carbocycles. The Morgan fingerprint density at radius 1 is 0.380 bits per heavy atom. The molecular weight excluding hydrogens is 981 g/mol. The van der Waals surface area contributed by atoms with Gasteiger partial charge in [-0.2, -0.15) is 0 Å². The average molecular weight is 1070 g/mol. The Labute approximate surface area is 467 Å². The first kappa shape index (κ1) is 57.8. The van der Waals surface area contributed by atoms with E-state index in [4.69, 9.17) is 19.5 Å². The molecule has 12 nitrogen and oxygen atoms in total. The molecule has 12 heteroatoms. The molecule has 4 aliphatic heterocycles. The second-order valence-corrected chi connectivity index (χ2v) is 21.6. The minimum Gasteiger partial charge on any atom is -0.474 e. The summed E-state index contributed by atoms with van der Waals surface area (Å²) in [5, 5.41) is 4.08. The number of nitrogens with one attached hydrogen (secondary N) is 4. The summed E-state index contributed by atoms with van der Waals surface area (Å²) in [6.07, 6.45) is 19.8. The zero-order chi connectivity index (χ0) is 57.3. The lowest BCUT2D eigenvalue weighted by Crippen LogP contribution is -2.23. The van der Waals surface area contributed by atoms with Crippen molar-refractivity contribution in [3.63, 3.8) is 0 Å². The molecule has 79 heavy (non-hydrogen) atoms. The van der Waals surface area contributed by atoms with Crippen molar-refractivity contribution in [1.29, 1.82) is 0 Å². The molecular formula is C67H84N8O4. The van der Waals surface area contributed by atoms with Gasteiger partial charge in [0.05, 0.1) is 22.8 Å². The van der Waals surface area contributed by atoms with Gasteiger partial charge in [-0.1, -0.05) is 55.4 Å². The summed E-state index contributed by atoms with van der Waals surface area (Å²) in [6.45, 7) is 38.1. The fraction of sp³-hybridized carbons (Fsp3) is 0.433. The van der Waals surface area contributed by atoms with Gasteiger partial charge in [0.15, 0.2) is 0 Å². The maximum Gasteiger partial charge on any atom is 0.273 e.